The number of rotatable bonds is 5. The summed E-state index contributed by atoms with van der Waals surface area (Å²) in [5.74, 6) is 1.58. The van der Waals surface area contributed by atoms with E-state index in [1.165, 1.54) is 44.5 Å². The van der Waals surface area contributed by atoms with Crippen molar-refractivity contribution in [2.24, 2.45) is 9.98 Å². The van der Waals surface area contributed by atoms with Crippen molar-refractivity contribution >= 4 is 34.3 Å². The van der Waals surface area contributed by atoms with Crippen molar-refractivity contribution in [3.05, 3.63) is 245 Å². The first kappa shape index (κ1) is 35.6. The first-order chi connectivity index (χ1) is 31.2. The van der Waals surface area contributed by atoms with Crippen LogP contribution in [0, 0.1) is 0 Å². The van der Waals surface area contributed by atoms with Gasteiger partial charge in [0.05, 0.1) is 16.6 Å². The summed E-state index contributed by atoms with van der Waals surface area (Å²) in [6.45, 7) is 0.753. The fraction of sp³-hybridized carbons (Fsp3) is 0.0517. The van der Waals surface area contributed by atoms with Crippen molar-refractivity contribution in [1.29, 1.82) is 0 Å². The monoisotopic (exact) mass is 805 g/mol. The fourth-order valence-electron chi connectivity index (χ4n) is 10.7. The van der Waals surface area contributed by atoms with E-state index in [1.807, 2.05) is 24.4 Å². The molecule has 2 aliphatic carbocycles. The molecule has 5 nitrogen and oxygen atoms in total. The van der Waals surface area contributed by atoms with Gasteiger partial charge in [0.25, 0.3) is 0 Å². The number of hydrogen-bond acceptors (Lipinski definition) is 5. The first-order valence-corrected chi connectivity index (χ1v) is 21.7. The lowest BCUT2D eigenvalue weighted by molar-refractivity contribution is 0.756. The van der Waals surface area contributed by atoms with Crippen LogP contribution < -0.4 is 10.6 Å². The topological polar surface area (TPSA) is 61.7 Å². The maximum absolute atomic E-state index is 5.37. The number of nitrogens with one attached hydrogen (secondary N) is 2. The normalized spacial score (nSPS) is 15.0. The van der Waals surface area contributed by atoms with Crippen LogP contribution in [0.1, 0.15) is 50.7 Å². The number of benzene rings is 8. The van der Waals surface area contributed by atoms with E-state index in [0.29, 0.717) is 0 Å². The van der Waals surface area contributed by atoms with Crippen LogP contribution in [-0.4, -0.2) is 23.2 Å². The van der Waals surface area contributed by atoms with E-state index in [-0.39, 0.29) is 0 Å². The number of anilines is 1. The Labute approximate surface area is 365 Å². The molecule has 296 valence electrons. The quantitative estimate of drug-likeness (QED) is 0.182. The van der Waals surface area contributed by atoms with Crippen LogP contribution in [0.4, 0.5) is 5.69 Å². The first-order valence-electron chi connectivity index (χ1n) is 21.7. The number of nitrogens with zero attached hydrogens (tertiary/aromatic N) is 3. The van der Waals surface area contributed by atoms with Crippen molar-refractivity contribution in [3.63, 3.8) is 0 Å². The Morgan fingerprint density at radius 1 is 0.460 bits per heavy atom. The van der Waals surface area contributed by atoms with Gasteiger partial charge in [-0.15, -0.1) is 0 Å². The zero-order chi connectivity index (χ0) is 41.5. The van der Waals surface area contributed by atoms with Crippen LogP contribution in [0.25, 0.3) is 61.5 Å². The van der Waals surface area contributed by atoms with E-state index in [0.717, 1.165) is 79.3 Å². The maximum atomic E-state index is 5.37. The van der Waals surface area contributed by atoms with E-state index in [9.17, 15) is 0 Å². The largest absolute Gasteiger partial charge is 0.379 e. The van der Waals surface area contributed by atoms with E-state index in [4.69, 9.17) is 15.0 Å². The van der Waals surface area contributed by atoms with Crippen molar-refractivity contribution < 1.29 is 0 Å². The smallest absolute Gasteiger partial charge is 0.169 e. The Morgan fingerprint density at radius 3 is 1.71 bits per heavy atom. The van der Waals surface area contributed by atoms with Crippen LogP contribution in [0.5, 0.6) is 0 Å². The zero-order valence-electron chi connectivity index (χ0n) is 34.3. The zero-order valence-corrected chi connectivity index (χ0v) is 34.3. The van der Waals surface area contributed by atoms with Gasteiger partial charge in [-0.1, -0.05) is 164 Å². The average molecular weight is 806 g/mol. The number of fused-ring (bicyclic) bond motifs is 13. The van der Waals surface area contributed by atoms with Gasteiger partial charge in [-0.25, -0.2) is 9.98 Å². The number of aromatic nitrogens is 1. The molecule has 0 unspecified atom stereocenters. The minimum absolute atomic E-state index is 0.400. The molecule has 1 aromatic heterocycles. The fourth-order valence-corrected chi connectivity index (χ4v) is 10.7. The lowest BCUT2D eigenvalue weighted by Gasteiger charge is -2.30. The molecular weight excluding hydrogens is 767 g/mol. The Hall–Kier alpha value is -8.15. The molecule has 3 heterocycles. The summed E-state index contributed by atoms with van der Waals surface area (Å²) < 4.78 is 0. The van der Waals surface area contributed by atoms with Gasteiger partial charge in [0, 0.05) is 34.8 Å². The summed E-state index contributed by atoms with van der Waals surface area (Å²) in [7, 11) is 0. The SMILES string of the molecule is C1=Cc2c(-c3cc(-c4ccc5c(c4)-c4ccccc4C54c5ccccc5-c5ccccc54)cc(C4N=C(c5ccccc5)NC(c5ccccc5)=N4)c3)cc3cccnc3c2NC1. The van der Waals surface area contributed by atoms with Gasteiger partial charge in [-0.3, -0.25) is 4.98 Å². The third kappa shape index (κ3) is 5.39. The predicted molar refractivity (Wildman–Crippen MR) is 258 cm³/mol. The van der Waals surface area contributed by atoms with Crippen LogP contribution in [-0.2, 0) is 5.41 Å². The average Bonchev–Trinajstić information content (AvgIpc) is 3.83. The highest BCUT2D eigenvalue weighted by Gasteiger charge is 2.51. The van der Waals surface area contributed by atoms with Crippen LogP contribution in [0.3, 0.4) is 0 Å². The summed E-state index contributed by atoms with van der Waals surface area (Å²) in [6.07, 6.45) is 5.80. The second-order valence-corrected chi connectivity index (χ2v) is 16.7. The van der Waals surface area contributed by atoms with E-state index in [1.54, 1.807) is 0 Å². The van der Waals surface area contributed by atoms with Gasteiger partial charge in [0.15, 0.2) is 6.17 Å². The molecule has 9 aromatic rings. The summed E-state index contributed by atoms with van der Waals surface area (Å²) in [4.78, 5) is 15.6. The number of pyridine rings is 1. The highest BCUT2D eigenvalue weighted by atomic mass is 15.2. The lowest BCUT2D eigenvalue weighted by atomic mass is 9.70. The molecule has 13 rings (SSSR count). The summed E-state index contributed by atoms with van der Waals surface area (Å²) >= 11 is 0. The molecule has 0 bridgehead atoms. The predicted octanol–water partition coefficient (Wildman–Crippen LogP) is 12.8. The highest BCUT2D eigenvalue weighted by Crippen LogP contribution is 2.63. The van der Waals surface area contributed by atoms with E-state index in [2.05, 4.69) is 193 Å². The van der Waals surface area contributed by atoms with Gasteiger partial charge in [-0.05, 0) is 109 Å². The Bertz CT molecular complexity index is 3340. The molecule has 0 radical (unpaired) electrons. The molecule has 5 heteroatoms. The molecule has 0 saturated carbocycles. The Kier molecular flexibility index (Phi) is 7.88. The Morgan fingerprint density at radius 2 is 1.05 bits per heavy atom. The third-order valence-corrected chi connectivity index (χ3v) is 13.3. The minimum atomic E-state index is -0.508. The van der Waals surface area contributed by atoms with Crippen LogP contribution in [0.15, 0.2) is 210 Å². The van der Waals surface area contributed by atoms with Crippen molar-refractivity contribution in [3.8, 4) is 44.5 Å². The molecule has 1 spiro atoms. The van der Waals surface area contributed by atoms with Crippen molar-refractivity contribution in [2.75, 3.05) is 11.9 Å². The molecule has 4 aliphatic rings. The molecule has 0 amide bonds. The van der Waals surface area contributed by atoms with Crippen LogP contribution in [0.2, 0.25) is 0 Å². The summed E-state index contributed by atoms with van der Waals surface area (Å²) in [5, 5.41) is 8.34. The summed E-state index contributed by atoms with van der Waals surface area (Å²) in [6, 6.07) is 68.3. The number of amidine groups is 2. The maximum Gasteiger partial charge on any atom is 0.169 e. The second-order valence-electron chi connectivity index (χ2n) is 16.7. The van der Waals surface area contributed by atoms with Gasteiger partial charge >= 0.3 is 0 Å². The molecule has 0 saturated heterocycles. The van der Waals surface area contributed by atoms with Crippen molar-refractivity contribution in [2.45, 2.75) is 11.6 Å². The number of hydrogen-bond donors (Lipinski definition) is 2. The standard InChI is InChI=1S/C58H39N5/c1-3-15-36(16-4-1)55-61-56(37-17-5-2-6-18-37)63-57(62-55)42-32-40(31-41(33-42)47-35-39-19-13-29-59-53(39)54-46(47)23-14-30-60-54)38-27-28-52-48(34-38)45-22-9-12-26-51(45)58(52)49-24-10-7-20-43(49)44-21-8-11-25-50(44)58/h1-29,31-35,57,60H,30H2,(H,61,62,63). The van der Waals surface area contributed by atoms with Gasteiger partial charge in [0.1, 0.15) is 11.7 Å². The lowest BCUT2D eigenvalue weighted by Crippen LogP contribution is -2.36. The van der Waals surface area contributed by atoms with Crippen LogP contribution >= 0.6 is 0 Å². The molecule has 8 aromatic carbocycles. The van der Waals surface area contributed by atoms with E-state index >= 15 is 0 Å². The molecular formula is C58H39N5. The van der Waals surface area contributed by atoms with E-state index < -0.39 is 11.6 Å². The number of aliphatic imine (C=N–C) groups is 2. The molecule has 0 fully saturated rings. The van der Waals surface area contributed by atoms with Gasteiger partial charge < -0.3 is 10.6 Å². The van der Waals surface area contributed by atoms with Gasteiger partial charge in [-0.2, -0.15) is 0 Å². The summed E-state index contributed by atoms with van der Waals surface area (Å²) in [5.41, 5.74) is 20.8. The van der Waals surface area contributed by atoms with Gasteiger partial charge in [0.2, 0.25) is 0 Å². The molecule has 2 N–H and O–H groups in total. The third-order valence-electron chi connectivity index (χ3n) is 13.3. The highest BCUT2D eigenvalue weighted by molar-refractivity contribution is 6.16. The minimum Gasteiger partial charge on any atom is -0.379 e. The molecule has 63 heavy (non-hydrogen) atoms. The molecule has 0 atom stereocenters. The Balaban J connectivity index is 1.05. The second kappa shape index (κ2) is 13.9. The molecule has 2 aliphatic heterocycles. The van der Waals surface area contributed by atoms with Crippen molar-refractivity contribution in [1.82, 2.24) is 10.3 Å².